The summed E-state index contributed by atoms with van der Waals surface area (Å²) in [6.07, 6.45) is 1.79. The number of anilines is 1. The van der Waals surface area contributed by atoms with E-state index in [0.29, 0.717) is 17.3 Å². The third-order valence-electron chi connectivity index (χ3n) is 4.12. The molecule has 0 aliphatic rings. The Morgan fingerprint density at radius 3 is 2.85 bits per heavy atom. The predicted molar refractivity (Wildman–Crippen MR) is 99.5 cm³/mol. The van der Waals surface area contributed by atoms with Crippen molar-refractivity contribution in [2.45, 2.75) is 0 Å². The first-order valence-electron chi connectivity index (χ1n) is 8.03. The number of benzene rings is 1. The molecule has 0 fully saturated rings. The number of aromatic amines is 1. The van der Waals surface area contributed by atoms with Crippen LogP contribution in [0.5, 0.6) is 5.88 Å². The molecule has 7 heteroatoms. The molecule has 3 N–H and O–H groups in total. The molecule has 3 aromatic heterocycles. The van der Waals surface area contributed by atoms with E-state index >= 15 is 0 Å². The number of para-hydroxylation sites is 1. The number of fused-ring (bicyclic) bond motifs is 2. The second-order valence-electron chi connectivity index (χ2n) is 5.78. The van der Waals surface area contributed by atoms with Gasteiger partial charge in [0, 0.05) is 28.1 Å². The summed E-state index contributed by atoms with van der Waals surface area (Å²) in [4.78, 5) is 23.0. The summed E-state index contributed by atoms with van der Waals surface area (Å²) >= 11 is 0. The Morgan fingerprint density at radius 1 is 1.19 bits per heavy atom. The highest BCUT2D eigenvalue weighted by atomic mass is 16.5. The van der Waals surface area contributed by atoms with Gasteiger partial charge in [-0.2, -0.15) is 0 Å². The van der Waals surface area contributed by atoms with E-state index in [1.807, 2.05) is 42.5 Å². The Labute approximate surface area is 148 Å². The maximum absolute atomic E-state index is 10.9. The van der Waals surface area contributed by atoms with Crippen molar-refractivity contribution in [1.82, 2.24) is 15.0 Å². The van der Waals surface area contributed by atoms with Gasteiger partial charge < -0.3 is 20.1 Å². The van der Waals surface area contributed by atoms with Gasteiger partial charge in [-0.3, -0.25) is 4.79 Å². The van der Waals surface area contributed by atoms with Crippen LogP contribution < -0.4 is 10.1 Å². The lowest BCUT2D eigenvalue weighted by Crippen LogP contribution is -2.13. The summed E-state index contributed by atoms with van der Waals surface area (Å²) in [5, 5.41) is 13.6. The third-order valence-corrected chi connectivity index (χ3v) is 4.12. The lowest BCUT2D eigenvalue weighted by Gasteiger charge is -2.12. The minimum atomic E-state index is -0.954. The maximum atomic E-state index is 10.9. The standard InChI is InChI=1S/C19H16N4O3/c1-26-19-14(8-11-4-2-3-5-15(11)22-19)13-9-16(21-10-17(24)25)23-18-12(13)6-7-20-18/h2-9H,10H2,1H3,(H,24,25)(H2,20,21,23). The lowest BCUT2D eigenvalue weighted by molar-refractivity contribution is -0.134. The molecule has 0 unspecified atom stereocenters. The van der Waals surface area contributed by atoms with Gasteiger partial charge in [0.15, 0.2) is 0 Å². The zero-order valence-electron chi connectivity index (χ0n) is 14.0. The van der Waals surface area contributed by atoms with E-state index < -0.39 is 5.97 Å². The zero-order valence-corrected chi connectivity index (χ0v) is 14.0. The van der Waals surface area contributed by atoms with E-state index in [9.17, 15) is 4.79 Å². The van der Waals surface area contributed by atoms with Gasteiger partial charge in [-0.25, -0.2) is 9.97 Å². The number of nitrogens with zero attached hydrogens (tertiary/aromatic N) is 2. The Kier molecular flexibility index (Phi) is 3.89. The second kappa shape index (κ2) is 6.36. The third kappa shape index (κ3) is 2.79. The van der Waals surface area contributed by atoms with Crippen LogP contribution in [0.4, 0.5) is 5.82 Å². The number of H-pyrrole nitrogens is 1. The number of carboxylic acid groups (broad SMARTS) is 1. The van der Waals surface area contributed by atoms with Crippen molar-refractivity contribution in [3.8, 4) is 17.0 Å². The molecular formula is C19H16N4O3. The molecule has 0 atom stereocenters. The van der Waals surface area contributed by atoms with E-state index in [4.69, 9.17) is 9.84 Å². The van der Waals surface area contributed by atoms with E-state index in [-0.39, 0.29) is 6.54 Å². The minimum Gasteiger partial charge on any atom is -0.481 e. The zero-order chi connectivity index (χ0) is 18.1. The van der Waals surface area contributed by atoms with Crippen LogP contribution in [0.15, 0.2) is 48.7 Å². The lowest BCUT2D eigenvalue weighted by atomic mass is 10.0. The average Bonchev–Trinajstić information content (AvgIpc) is 3.13. The van der Waals surface area contributed by atoms with Gasteiger partial charge in [0.05, 0.1) is 12.6 Å². The maximum Gasteiger partial charge on any atom is 0.322 e. The van der Waals surface area contributed by atoms with E-state index in [1.165, 1.54) is 0 Å². The largest absolute Gasteiger partial charge is 0.481 e. The van der Waals surface area contributed by atoms with Gasteiger partial charge in [0.2, 0.25) is 5.88 Å². The summed E-state index contributed by atoms with van der Waals surface area (Å²) in [7, 11) is 1.58. The van der Waals surface area contributed by atoms with Crippen LogP contribution in [0.25, 0.3) is 33.1 Å². The fourth-order valence-electron chi connectivity index (χ4n) is 2.96. The second-order valence-corrected chi connectivity index (χ2v) is 5.78. The first-order valence-corrected chi connectivity index (χ1v) is 8.03. The van der Waals surface area contributed by atoms with E-state index in [2.05, 4.69) is 20.3 Å². The molecule has 0 radical (unpaired) electrons. The van der Waals surface area contributed by atoms with Crippen LogP contribution in [0.2, 0.25) is 0 Å². The van der Waals surface area contributed by atoms with Crippen molar-refractivity contribution in [2.24, 2.45) is 0 Å². The smallest absolute Gasteiger partial charge is 0.322 e. The molecular weight excluding hydrogens is 332 g/mol. The highest BCUT2D eigenvalue weighted by Crippen LogP contribution is 2.36. The molecule has 3 heterocycles. The molecule has 26 heavy (non-hydrogen) atoms. The Balaban J connectivity index is 1.93. The number of ether oxygens (including phenoxy) is 1. The summed E-state index contributed by atoms with van der Waals surface area (Å²) in [6, 6.07) is 13.6. The number of aromatic nitrogens is 3. The van der Waals surface area contributed by atoms with Crippen LogP contribution >= 0.6 is 0 Å². The molecule has 4 aromatic rings. The Morgan fingerprint density at radius 2 is 2.04 bits per heavy atom. The van der Waals surface area contributed by atoms with Crippen LogP contribution in [0.1, 0.15) is 0 Å². The van der Waals surface area contributed by atoms with Crippen LogP contribution in [-0.4, -0.2) is 39.7 Å². The first-order chi connectivity index (χ1) is 12.7. The first kappa shape index (κ1) is 15.9. The summed E-state index contributed by atoms with van der Waals surface area (Å²) < 4.78 is 5.52. The van der Waals surface area contributed by atoms with Gasteiger partial charge in [0.1, 0.15) is 18.0 Å². The molecule has 7 nitrogen and oxygen atoms in total. The summed E-state index contributed by atoms with van der Waals surface area (Å²) in [5.74, 6) is 0.0130. The molecule has 1 aromatic carbocycles. The number of methoxy groups -OCH3 is 1. The van der Waals surface area contributed by atoms with Crippen LogP contribution in [-0.2, 0) is 4.79 Å². The van der Waals surface area contributed by atoms with Crippen molar-refractivity contribution >= 4 is 33.7 Å². The molecule has 0 aliphatic heterocycles. The van der Waals surface area contributed by atoms with Gasteiger partial charge in [-0.1, -0.05) is 18.2 Å². The monoisotopic (exact) mass is 348 g/mol. The molecule has 0 aliphatic carbocycles. The van der Waals surface area contributed by atoms with Crippen molar-refractivity contribution < 1.29 is 14.6 Å². The number of nitrogens with one attached hydrogen (secondary N) is 2. The SMILES string of the molecule is COc1nc2ccccc2cc1-c1cc(NCC(=O)O)nc2[nH]ccc12. The van der Waals surface area contributed by atoms with Crippen LogP contribution in [0, 0.1) is 0 Å². The van der Waals surface area contributed by atoms with E-state index in [1.54, 1.807) is 13.3 Å². The van der Waals surface area contributed by atoms with Crippen molar-refractivity contribution in [3.05, 3.63) is 48.7 Å². The summed E-state index contributed by atoms with van der Waals surface area (Å²) in [6.45, 7) is -0.217. The van der Waals surface area contributed by atoms with Gasteiger partial charge in [-0.05, 0) is 24.3 Å². The highest BCUT2D eigenvalue weighted by molar-refractivity contribution is 5.98. The number of carboxylic acids is 1. The molecule has 4 rings (SSSR count). The van der Waals surface area contributed by atoms with Crippen molar-refractivity contribution in [3.63, 3.8) is 0 Å². The molecule has 0 spiro atoms. The Hall–Kier alpha value is -3.61. The van der Waals surface area contributed by atoms with Gasteiger partial charge in [-0.15, -0.1) is 0 Å². The average molecular weight is 348 g/mol. The normalized spacial score (nSPS) is 11.0. The number of hydrogen-bond acceptors (Lipinski definition) is 5. The van der Waals surface area contributed by atoms with Gasteiger partial charge in [0.25, 0.3) is 0 Å². The predicted octanol–water partition coefficient (Wildman–Crippen LogP) is 3.28. The summed E-state index contributed by atoms with van der Waals surface area (Å²) in [5.41, 5.74) is 3.18. The molecule has 130 valence electrons. The quantitative estimate of drug-likeness (QED) is 0.512. The molecule has 0 saturated carbocycles. The highest BCUT2D eigenvalue weighted by Gasteiger charge is 2.15. The fourth-order valence-corrected chi connectivity index (χ4v) is 2.96. The van der Waals surface area contributed by atoms with Crippen molar-refractivity contribution in [1.29, 1.82) is 0 Å². The van der Waals surface area contributed by atoms with Crippen LogP contribution in [0.3, 0.4) is 0 Å². The topological polar surface area (TPSA) is 100 Å². The molecule has 0 bridgehead atoms. The van der Waals surface area contributed by atoms with Gasteiger partial charge >= 0.3 is 5.97 Å². The molecule has 0 amide bonds. The Bertz CT molecular complexity index is 1120. The fraction of sp³-hybridized carbons (Fsp3) is 0.105. The number of rotatable bonds is 5. The molecule has 0 saturated heterocycles. The number of pyridine rings is 2. The number of aliphatic carboxylic acids is 1. The number of carbonyl (C=O) groups is 1. The number of hydrogen-bond donors (Lipinski definition) is 3. The minimum absolute atomic E-state index is 0.217. The van der Waals surface area contributed by atoms with Crippen molar-refractivity contribution in [2.75, 3.05) is 19.0 Å². The van der Waals surface area contributed by atoms with E-state index in [0.717, 1.165) is 27.4 Å².